The fourth-order valence-corrected chi connectivity index (χ4v) is 2.38. The van der Waals surface area contributed by atoms with Crippen molar-refractivity contribution in [3.63, 3.8) is 0 Å². The van der Waals surface area contributed by atoms with Crippen molar-refractivity contribution in [2.75, 3.05) is 0 Å². The molecular weight excluding hydrogens is 202 g/mol. The van der Waals surface area contributed by atoms with Gasteiger partial charge in [-0.25, -0.2) is 9.97 Å². The van der Waals surface area contributed by atoms with Crippen LogP contribution in [0, 0.1) is 0 Å². The number of nitrogens with two attached hydrogens (primary N) is 1. The van der Waals surface area contributed by atoms with Gasteiger partial charge in [0, 0.05) is 22.5 Å². The minimum absolute atomic E-state index is 0.0601. The van der Waals surface area contributed by atoms with Crippen LogP contribution in [0.4, 0.5) is 0 Å². The molecule has 0 radical (unpaired) electrons. The van der Waals surface area contributed by atoms with Crippen molar-refractivity contribution in [1.29, 1.82) is 0 Å². The predicted molar refractivity (Wildman–Crippen MR) is 55.8 cm³/mol. The molecule has 2 rings (SSSR count). The molecule has 0 spiro atoms. The zero-order valence-corrected chi connectivity index (χ0v) is 8.73. The summed E-state index contributed by atoms with van der Waals surface area (Å²) < 4.78 is 0. The first-order chi connectivity index (χ1) is 6.27. The highest BCUT2D eigenvalue weighted by Gasteiger charge is 2.08. The Bertz CT molecular complexity index is 378. The van der Waals surface area contributed by atoms with Crippen LogP contribution in [0.1, 0.15) is 17.8 Å². The largest absolute Gasteiger partial charge is 0.323 e. The summed E-state index contributed by atoms with van der Waals surface area (Å²) in [4.78, 5) is 9.55. The van der Waals surface area contributed by atoms with Crippen LogP contribution in [0.3, 0.4) is 0 Å². The molecule has 0 aliphatic rings. The van der Waals surface area contributed by atoms with Gasteiger partial charge in [0.25, 0.3) is 0 Å². The molecule has 13 heavy (non-hydrogen) atoms. The fraction of sp³-hybridized carbons (Fsp3) is 0.250. The molecule has 0 aliphatic carbocycles. The average Bonchev–Trinajstić information content (AvgIpc) is 2.75. The van der Waals surface area contributed by atoms with Gasteiger partial charge in [-0.2, -0.15) is 0 Å². The van der Waals surface area contributed by atoms with Crippen LogP contribution < -0.4 is 5.73 Å². The molecule has 2 N–H and O–H groups in total. The van der Waals surface area contributed by atoms with Crippen LogP contribution in [-0.2, 0) is 0 Å². The summed E-state index contributed by atoms with van der Waals surface area (Å²) in [6, 6.07) is 0.0601. The lowest BCUT2D eigenvalue weighted by molar-refractivity contribution is 0.835. The van der Waals surface area contributed by atoms with Crippen LogP contribution in [0.15, 0.2) is 17.1 Å². The molecule has 2 aromatic rings. The first-order valence-corrected chi connectivity index (χ1v) is 5.63. The van der Waals surface area contributed by atoms with Crippen molar-refractivity contribution in [2.45, 2.75) is 13.0 Å². The molecule has 0 aliphatic heterocycles. The Balaban J connectivity index is 2.33. The molecule has 1 atom stereocenters. The number of aromatic nitrogens is 2. The van der Waals surface area contributed by atoms with Crippen molar-refractivity contribution in [1.82, 2.24) is 9.97 Å². The van der Waals surface area contributed by atoms with E-state index in [9.17, 15) is 0 Å². The lowest BCUT2D eigenvalue weighted by Gasteiger charge is -1.96. The summed E-state index contributed by atoms with van der Waals surface area (Å²) >= 11 is 3.18. The lowest BCUT2D eigenvalue weighted by atomic mass is 10.3. The number of thiazole rings is 2. The SMILES string of the molecule is CC(N)c1cnc(-c2cscn2)s1. The van der Waals surface area contributed by atoms with E-state index >= 15 is 0 Å². The van der Waals surface area contributed by atoms with Crippen LogP contribution in [-0.4, -0.2) is 9.97 Å². The summed E-state index contributed by atoms with van der Waals surface area (Å²) in [5, 5.41) is 2.94. The monoisotopic (exact) mass is 211 g/mol. The van der Waals surface area contributed by atoms with Gasteiger partial charge < -0.3 is 5.73 Å². The number of hydrogen-bond donors (Lipinski definition) is 1. The molecule has 0 saturated carbocycles. The maximum Gasteiger partial charge on any atom is 0.142 e. The second-order valence-electron chi connectivity index (χ2n) is 2.73. The Hall–Kier alpha value is -0.780. The Morgan fingerprint density at radius 3 is 2.85 bits per heavy atom. The van der Waals surface area contributed by atoms with E-state index in [0.717, 1.165) is 15.6 Å². The van der Waals surface area contributed by atoms with E-state index in [-0.39, 0.29) is 6.04 Å². The summed E-state index contributed by atoms with van der Waals surface area (Å²) in [5.41, 5.74) is 8.49. The van der Waals surface area contributed by atoms with E-state index < -0.39 is 0 Å². The highest BCUT2D eigenvalue weighted by Crippen LogP contribution is 2.27. The molecular formula is C8H9N3S2. The first-order valence-electron chi connectivity index (χ1n) is 3.87. The van der Waals surface area contributed by atoms with Crippen LogP contribution >= 0.6 is 22.7 Å². The van der Waals surface area contributed by atoms with Gasteiger partial charge in [-0.15, -0.1) is 22.7 Å². The van der Waals surface area contributed by atoms with Gasteiger partial charge in [-0.3, -0.25) is 0 Å². The lowest BCUT2D eigenvalue weighted by Crippen LogP contribution is -2.01. The highest BCUT2D eigenvalue weighted by atomic mass is 32.1. The topological polar surface area (TPSA) is 51.8 Å². The summed E-state index contributed by atoms with van der Waals surface area (Å²) in [7, 11) is 0. The smallest absolute Gasteiger partial charge is 0.142 e. The summed E-state index contributed by atoms with van der Waals surface area (Å²) in [5.74, 6) is 0. The fourth-order valence-electron chi connectivity index (χ4n) is 0.934. The number of hydrogen-bond acceptors (Lipinski definition) is 5. The van der Waals surface area contributed by atoms with Crippen molar-refractivity contribution in [2.24, 2.45) is 5.73 Å². The second kappa shape index (κ2) is 3.53. The molecule has 0 fully saturated rings. The minimum atomic E-state index is 0.0601. The zero-order valence-electron chi connectivity index (χ0n) is 7.10. The maximum absolute atomic E-state index is 5.73. The number of rotatable bonds is 2. The maximum atomic E-state index is 5.73. The third kappa shape index (κ3) is 1.77. The third-order valence-electron chi connectivity index (χ3n) is 1.62. The Morgan fingerprint density at radius 2 is 2.31 bits per heavy atom. The molecule has 68 valence electrons. The van der Waals surface area contributed by atoms with Crippen LogP contribution in [0.5, 0.6) is 0 Å². The molecule has 5 heteroatoms. The molecule has 2 heterocycles. The second-order valence-corrected chi connectivity index (χ2v) is 4.51. The van der Waals surface area contributed by atoms with Gasteiger partial charge in [0.05, 0.1) is 5.51 Å². The van der Waals surface area contributed by atoms with Gasteiger partial charge in [0.2, 0.25) is 0 Å². The highest BCUT2D eigenvalue weighted by molar-refractivity contribution is 7.15. The molecule has 0 saturated heterocycles. The average molecular weight is 211 g/mol. The Kier molecular flexibility index (Phi) is 2.39. The van der Waals surface area contributed by atoms with Gasteiger partial charge in [0.1, 0.15) is 10.7 Å². The van der Waals surface area contributed by atoms with Crippen LogP contribution in [0.2, 0.25) is 0 Å². The van der Waals surface area contributed by atoms with Crippen molar-refractivity contribution in [3.8, 4) is 10.7 Å². The van der Waals surface area contributed by atoms with E-state index in [4.69, 9.17) is 5.73 Å². The standard InChI is InChI=1S/C8H9N3S2/c1-5(9)7-2-10-8(13-7)6-3-12-4-11-6/h2-5H,9H2,1H3. The normalized spacial score (nSPS) is 13.1. The van der Waals surface area contributed by atoms with Crippen LogP contribution in [0.25, 0.3) is 10.7 Å². The summed E-state index contributed by atoms with van der Waals surface area (Å²) in [6.45, 7) is 1.96. The van der Waals surface area contributed by atoms with Gasteiger partial charge in [0.15, 0.2) is 0 Å². The van der Waals surface area contributed by atoms with E-state index in [2.05, 4.69) is 9.97 Å². The Morgan fingerprint density at radius 1 is 1.46 bits per heavy atom. The third-order valence-corrected chi connectivity index (χ3v) is 3.43. The Labute approximate surface area is 84.3 Å². The summed E-state index contributed by atoms with van der Waals surface area (Å²) in [6.07, 6.45) is 1.82. The number of nitrogens with zero attached hydrogens (tertiary/aromatic N) is 2. The minimum Gasteiger partial charge on any atom is -0.323 e. The van der Waals surface area contributed by atoms with E-state index in [0.29, 0.717) is 0 Å². The molecule has 3 nitrogen and oxygen atoms in total. The quantitative estimate of drug-likeness (QED) is 0.829. The zero-order chi connectivity index (χ0) is 9.26. The van der Waals surface area contributed by atoms with Gasteiger partial charge >= 0.3 is 0 Å². The molecule has 1 unspecified atom stereocenters. The molecule has 0 amide bonds. The van der Waals surface area contributed by atoms with Gasteiger partial charge in [-0.05, 0) is 6.92 Å². The molecule has 2 aromatic heterocycles. The predicted octanol–water partition coefficient (Wildman–Crippen LogP) is 2.29. The van der Waals surface area contributed by atoms with Crippen molar-refractivity contribution >= 4 is 22.7 Å². The van der Waals surface area contributed by atoms with Gasteiger partial charge in [-0.1, -0.05) is 0 Å². The molecule has 0 bridgehead atoms. The van der Waals surface area contributed by atoms with E-state index in [1.807, 2.05) is 24.0 Å². The van der Waals surface area contributed by atoms with Crippen molar-refractivity contribution < 1.29 is 0 Å². The van der Waals surface area contributed by atoms with Crippen molar-refractivity contribution in [3.05, 3.63) is 22.0 Å². The molecule has 0 aromatic carbocycles. The van der Waals surface area contributed by atoms with E-state index in [1.54, 1.807) is 22.7 Å². The van der Waals surface area contributed by atoms with E-state index in [1.165, 1.54) is 0 Å². The first kappa shape index (κ1) is 8.80.